The Hall–Kier alpha value is -1.13. The molecule has 5 heteroatoms. The molecule has 0 spiro atoms. The fraction of sp³-hybridized carbons (Fsp3) is 0.533. The van der Waals surface area contributed by atoms with Crippen molar-refractivity contribution in [2.45, 2.75) is 26.2 Å². The van der Waals surface area contributed by atoms with Gasteiger partial charge in [-0.25, -0.2) is 4.39 Å². The van der Waals surface area contributed by atoms with Gasteiger partial charge in [-0.2, -0.15) is 0 Å². The van der Waals surface area contributed by atoms with E-state index in [4.69, 9.17) is 11.6 Å². The van der Waals surface area contributed by atoms with E-state index in [0.29, 0.717) is 13.1 Å². The summed E-state index contributed by atoms with van der Waals surface area (Å²) in [5, 5.41) is 9.63. The van der Waals surface area contributed by atoms with Gasteiger partial charge in [-0.1, -0.05) is 24.6 Å². The highest BCUT2D eigenvalue weighted by Crippen LogP contribution is 2.35. The molecule has 0 aliphatic carbocycles. The van der Waals surface area contributed by atoms with Crippen LogP contribution in [0.1, 0.15) is 36.5 Å². The van der Waals surface area contributed by atoms with Gasteiger partial charge in [0.2, 0.25) is 0 Å². The number of carbonyl (C=O) groups is 1. The minimum atomic E-state index is -0.586. The molecule has 2 rings (SSSR count). The zero-order chi connectivity index (χ0) is 14.8. The maximum Gasteiger partial charge on any atom is 0.258 e. The van der Waals surface area contributed by atoms with E-state index in [1.54, 1.807) is 4.90 Å². The van der Waals surface area contributed by atoms with E-state index in [1.165, 1.54) is 18.2 Å². The summed E-state index contributed by atoms with van der Waals surface area (Å²) >= 11 is 5.93. The maximum absolute atomic E-state index is 13.8. The molecule has 20 heavy (non-hydrogen) atoms. The Kier molecular flexibility index (Phi) is 4.66. The predicted molar refractivity (Wildman–Crippen MR) is 76.4 cm³/mol. The number of aliphatic hydroxyl groups is 1. The van der Waals surface area contributed by atoms with Gasteiger partial charge in [-0.05, 0) is 36.8 Å². The van der Waals surface area contributed by atoms with Crippen LogP contribution >= 0.6 is 11.6 Å². The molecule has 1 fully saturated rings. The summed E-state index contributed by atoms with van der Waals surface area (Å²) in [5.41, 5.74) is -0.155. The summed E-state index contributed by atoms with van der Waals surface area (Å²) in [6.45, 7) is 3.23. The first-order valence-corrected chi connectivity index (χ1v) is 7.25. The lowest BCUT2D eigenvalue weighted by Gasteiger charge is -2.40. The lowest BCUT2D eigenvalue weighted by Crippen LogP contribution is -2.44. The van der Waals surface area contributed by atoms with Crippen molar-refractivity contribution in [2.75, 3.05) is 19.7 Å². The average molecular weight is 300 g/mol. The van der Waals surface area contributed by atoms with Crippen molar-refractivity contribution >= 4 is 17.5 Å². The van der Waals surface area contributed by atoms with Crippen molar-refractivity contribution in [2.24, 2.45) is 5.41 Å². The molecule has 0 aromatic heterocycles. The Balaban J connectivity index is 2.13. The van der Waals surface area contributed by atoms with Crippen LogP contribution in [0.4, 0.5) is 4.39 Å². The van der Waals surface area contributed by atoms with Gasteiger partial charge in [-0.3, -0.25) is 4.79 Å². The number of carbonyl (C=O) groups excluding carboxylic acids is 1. The van der Waals surface area contributed by atoms with Crippen molar-refractivity contribution in [1.82, 2.24) is 4.90 Å². The van der Waals surface area contributed by atoms with Crippen molar-refractivity contribution in [1.29, 1.82) is 0 Å². The molecule has 0 bridgehead atoms. The second-order valence-corrected chi connectivity index (χ2v) is 5.81. The summed E-state index contributed by atoms with van der Waals surface area (Å²) in [6.07, 6.45) is 2.35. The van der Waals surface area contributed by atoms with Crippen LogP contribution in [0, 0.1) is 11.2 Å². The molecule has 0 radical (unpaired) electrons. The number of aliphatic hydroxyl groups excluding tert-OH is 1. The Morgan fingerprint density at radius 2 is 2.10 bits per heavy atom. The SMILES string of the molecule is CCC1(CO)CCN(C(=O)c2c(F)cccc2Cl)CC1. The second-order valence-electron chi connectivity index (χ2n) is 5.40. The standard InChI is InChI=1S/C15H19ClFNO2/c1-2-15(10-19)6-8-18(9-7-15)14(20)13-11(16)4-3-5-12(13)17/h3-5,19H,2,6-10H2,1H3. The van der Waals surface area contributed by atoms with E-state index < -0.39 is 5.82 Å². The summed E-state index contributed by atoms with van der Waals surface area (Å²) in [5.74, 6) is -0.951. The van der Waals surface area contributed by atoms with E-state index in [1.807, 2.05) is 6.92 Å². The van der Waals surface area contributed by atoms with Crippen LogP contribution in [-0.2, 0) is 0 Å². The van der Waals surface area contributed by atoms with Gasteiger partial charge in [-0.15, -0.1) is 0 Å². The average Bonchev–Trinajstić information content (AvgIpc) is 2.47. The highest BCUT2D eigenvalue weighted by Gasteiger charge is 2.35. The molecule has 0 unspecified atom stereocenters. The number of nitrogens with zero attached hydrogens (tertiary/aromatic N) is 1. The summed E-state index contributed by atoms with van der Waals surface area (Å²) in [7, 11) is 0. The van der Waals surface area contributed by atoms with E-state index in [-0.39, 0.29) is 28.5 Å². The molecule has 1 aromatic carbocycles. The molecule has 3 nitrogen and oxygen atoms in total. The number of likely N-dealkylation sites (tertiary alicyclic amines) is 1. The first-order valence-electron chi connectivity index (χ1n) is 6.87. The second kappa shape index (κ2) is 6.10. The third-order valence-corrected chi connectivity index (χ3v) is 4.69. The van der Waals surface area contributed by atoms with Gasteiger partial charge in [0.15, 0.2) is 0 Å². The number of rotatable bonds is 3. The first kappa shape index (κ1) is 15.3. The first-order chi connectivity index (χ1) is 9.53. The third kappa shape index (κ3) is 2.81. The fourth-order valence-corrected chi connectivity index (χ4v) is 2.91. The number of benzene rings is 1. The highest BCUT2D eigenvalue weighted by atomic mass is 35.5. The van der Waals surface area contributed by atoms with Crippen molar-refractivity contribution in [3.63, 3.8) is 0 Å². The van der Waals surface area contributed by atoms with Crippen LogP contribution in [-0.4, -0.2) is 35.6 Å². The smallest absolute Gasteiger partial charge is 0.258 e. The summed E-state index contributed by atoms with van der Waals surface area (Å²) in [4.78, 5) is 14.0. The molecule has 0 saturated carbocycles. The predicted octanol–water partition coefficient (Wildman–Crippen LogP) is 3.10. The number of hydrogen-bond donors (Lipinski definition) is 1. The van der Waals surface area contributed by atoms with Gasteiger partial charge in [0.25, 0.3) is 5.91 Å². The van der Waals surface area contributed by atoms with E-state index >= 15 is 0 Å². The van der Waals surface area contributed by atoms with Gasteiger partial charge in [0.05, 0.1) is 10.6 Å². The van der Waals surface area contributed by atoms with Crippen LogP contribution < -0.4 is 0 Å². The van der Waals surface area contributed by atoms with Gasteiger partial charge >= 0.3 is 0 Å². The third-order valence-electron chi connectivity index (χ3n) is 4.37. The molecule has 1 saturated heterocycles. The zero-order valence-corrected chi connectivity index (χ0v) is 12.3. The van der Waals surface area contributed by atoms with Crippen LogP contribution in [0.3, 0.4) is 0 Å². The Labute approximate surface area is 123 Å². The Bertz CT molecular complexity index is 472. The highest BCUT2D eigenvalue weighted by molar-refractivity contribution is 6.33. The number of hydrogen-bond acceptors (Lipinski definition) is 2. The van der Waals surface area contributed by atoms with Crippen molar-refractivity contribution < 1.29 is 14.3 Å². The van der Waals surface area contributed by atoms with Gasteiger partial charge in [0, 0.05) is 19.7 Å². The van der Waals surface area contributed by atoms with E-state index in [9.17, 15) is 14.3 Å². The molecule has 1 aliphatic heterocycles. The number of halogens is 2. The van der Waals surface area contributed by atoms with Gasteiger partial charge < -0.3 is 10.0 Å². The van der Waals surface area contributed by atoms with Crippen LogP contribution in [0.5, 0.6) is 0 Å². The minimum absolute atomic E-state index is 0.0536. The summed E-state index contributed by atoms with van der Waals surface area (Å²) < 4.78 is 13.8. The molecule has 1 aromatic rings. The van der Waals surface area contributed by atoms with Crippen LogP contribution in [0.15, 0.2) is 18.2 Å². The largest absolute Gasteiger partial charge is 0.396 e. The molecule has 0 atom stereocenters. The molecule has 1 N–H and O–H groups in total. The molecule has 1 aliphatic rings. The van der Waals surface area contributed by atoms with E-state index in [2.05, 4.69) is 0 Å². The van der Waals surface area contributed by atoms with Crippen molar-refractivity contribution in [3.8, 4) is 0 Å². The minimum Gasteiger partial charge on any atom is -0.396 e. The zero-order valence-electron chi connectivity index (χ0n) is 11.5. The fourth-order valence-electron chi connectivity index (χ4n) is 2.67. The molecule has 1 amide bonds. The van der Waals surface area contributed by atoms with Crippen LogP contribution in [0.2, 0.25) is 5.02 Å². The van der Waals surface area contributed by atoms with Gasteiger partial charge in [0.1, 0.15) is 5.82 Å². The Morgan fingerprint density at radius 3 is 2.60 bits per heavy atom. The van der Waals surface area contributed by atoms with Crippen LogP contribution in [0.25, 0.3) is 0 Å². The van der Waals surface area contributed by atoms with Crippen molar-refractivity contribution in [3.05, 3.63) is 34.6 Å². The normalized spacial score (nSPS) is 18.1. The molecular formula is C15H19ClFNO2. The monoisotopic (exact) mass is 299 g/mol. The molecule has 110 valence electrons. The number of amides is 1. The topological polar surface area (TPSA) is 40.5 Å². The molecule has 1 heterocycles. The Morgan fingerprint density at radius 1 is 1.45 bits per heavy atom. The quantitative estimate of drug-likeness (QED) is 0.931. The number of piperidine rings is 1. The lowest BCUT2D eigenvalue weighted by molar-refractivity contribution is 0.0335. The molecular weight excluding hydrogens is 281 g/mol. The van der Waals surface area contributed by atoms with E-state index in [0.717, 1.165) is 19.3 Å². The maximum atomic E-state index is 13.8. The summed E-state index contributed by atoms with van der Waals surface area (Å²) in [6, 6.07) is 4.25. The lowest BCUT2D eigenvalue weighted by atomic mass is 9.77.